The van der Waals surface area contributed by atoms with Crippen LogP contribution < -0.4 is 10.5 Å². The molecular formula is C13H24N2O6S2. The fourth-order valence-corrected chi connectivity index (χ4v) is 2.93. The summed E-state index contributed by atoms with van der Waals surface area (Å²) in [6.45, 7) is 4.09. The molecule has 1 aromatic carbocycles. The molecule has 0 bridgehead atoms. The number of aryl methyl sites for hydroxylation is 1. The van der Waals surface area contributed by atoms with Crippen LogP contribution in [0.15, 0.2) is 18.2 Å². The summed E-state index contributed by atoms with van der Waals surface area (Å²) < 4.78 is 56.8. The highest BCUT2D eigenvalue weighted by atomic mass is 32.3. The average Bonchev–Trinajstić information content (AvgIpc) is 2.39. The van der Waals surface area contributed by atoms with Crippen molar-refractivity contribution < 1.29 is 25.9 Å². The van der Waals surface area contributed by atoms with Crippen molar-refractivity contribution in [2.45, 2.75) is 32.6 Å². The van der Waals surface area contributed by atoms with Gasteiger partial charge in [-0.15, -0.1) is 0 Å². The molecule has 1 unspecified atom stereocenters. The van der Waals surface area contributed by atoms with Gasteiger partial charge in [-0.2, -0.15) is 8.42 Å². The maximum Gasteiger partial charge on any atom is 0.394 e. The van der Waals surface area contributed by atoms with Crippen LogP contribution in [0, 0.1) is 6.92 Å². The van der Waals surface area contributed by atoms with Gasteiger partial charge in [0.15, 0.2) is 0 Å². The van der Waals surface area contributed by atoms with Gasteiger partial charge in [0.05, 0.1) is 5.75 Å². The Morgan fingerprint density at radius 3 is 2.13 bits per heavy atom. The predicted molar refractivity (Wildman–Crippen MR) is 90.3 cm³/mol. The topological polar surface area (TPSA) is 147 Å². The molecule has 0 fully saturated rings. The van der Waals surface area contributed by atoms with Gasteiger partial charge >= 0.3 is 10.4 Å². The summed E-state index contributed by atoms with van der Waals surface area (Å²) in [7, 11) is -6.35. The van der Waals surface area contributed by atoms with E-state index in [2.05, 4.69) is 11.6 Å². The molecule has 0 saturated heterocycles. The zero-order valence-corrected chi connectivity index (χ0v) is 15.0. The highest BCUT2D eigenvalue weighted by Gasteiger charge is 2.16. The van der Waals surface area contributed by atoms with Gasteiger partial charge in [0, 0.05) is 5.69 Å². The van der Waals surface area contributed by atoms with E-state index >= 15 is 0 Å². The third kappa shape index (κ3) is 10.2. The molecule has 0 aliphatic rings. The van der Waals surface area contributed by atoms with Crippen LogP contribution >= 0.6 is 0 Å². The van der Waals surface area contributed by atoms with Crippen molar-refractivity contribution in [3.8, 4) is 0 Å². The number of hydrogen-bond acceptors (Lipinski definition) is 5. The molecule has 0 aliphatic carbocycles. The highest BCUT2D eigenvalue weighted by Crippen LogP contribution is 2.27. The molecule has 0 aromatic heterocycles. The minimum Gasteiger partial charge on any atom is -0.399 e. The molecule has 5 N–H and O–H groups in total. The fourth-order valence-electron chi connectivity index (χ4n) is 2.14. The van der Waals surface area contributed by atoms with Crippen molar-refractivity contribution in [3.05, 3.63) is 29.3 Å². The van der Waals surface area contributed by atoms with Crippen molar-refractivity contribution in [2.24, 2.45) is 0 Å². The smallest absolute Gasteiger partial charge is 0.394 e. The minimum absolute atomic E-state index is 0.159. The number of nitrogen functional groups attached to an aromatic ring is 1. The van der Waals surface area contributed by atoms with E-state index in [1.54, 1.807) is 0 Å². The van der Waals surface area contributed by atoms with Crippen LogP contribution in [0.4, 0.5) is 5.69 Å². The first-order chi connectivity index (χ1) is 10.4. The SMILES string of the molecule is CCC(CCS(=O)(=O)NC)c1ccc(N)cc1C.O=S(=O)(O)O. The molecule has 1 atom stereocenters. The molecule has 0 radical (unpaired) electrons. The van der Waals surface area contributed by atoms with Gasteiger partial charge in [-0.25, -0.2) is 13.1 Å². The normalized spacial score (nSPS) is 13.1. The third-order valence-electron chi connectivity index (χ3n) is 3.27. The lowest BCUT2D eigenvalue weighted by molar-refractivity contribution is 0.381. The second kappa shape index (κ2) is 9.18. The van der Waals surface area contributed by atoms with Gasteiger partial charge in [-0.3, -0.25) is 9.11 Å². The van der Waals surface area contributed by atoms with Crippen LogP contribution in [-0.2, 0) is 20.4 Å². The summed E-state index contributed by atoms with van der Waals surface area (Å²) >= 11 is 0. The first-order valence-corrected chi connectivity index (χ1v) is 9.91. The van der Waals surface area contributed by atoms with E-state index in [9.17, 15) is 8.42 Å². The average molecular weight is 368 g/mol. The molecule has 0 saturated carbocycles. The van der Waals surface area contributed by atoms with Crippen molar-refractivity contribution in [2.75, 3.05) is 18.5 Å². The number of sulfonamides is 1. The van der Waals surface area contributed by atoms with Crippen molar-refractivity contribution in [1.82, 2.24) is 4.72 Å². The Hall–Kier alpha value is -1.20. The second-order valence-electron chi connectivity index (χ2n) is 4.98. The molecular weight excluding hydrogens is 344 g/mol. The highest BCUT2D eigenvalue weighted by molar-refractivity contribution is 7.89. The Kier molecular flexibility index (Phi) is 8.70. The van der Waals surface area contributed by atoms with Crippen LogP contribution in [0.25, 0.3) is 0 Å². The van der Waals surface area contributed by atoms with E-state index in [0.29, 0.717) is 6.42 Å². The predicted octanol–water partition coefficient (Wildman–Crippen LogP) is 1.36. The van der Waals surface area contributed by atoms with E-state index in [1.165, 1.54) is 12.6 Å². The number of nitrogens with two attached hydrogens (primary N) is 1. The van der Waals surface area contributed by atoms with Gasteiger partial charge in [0.25, 0.3) is 0 Å². The third-order valence-corrected chi connectivity index (χ3v) is 4.67. The van der Waals surface area contributed by atoms with E-state index in [4.69, 9.17) is 23.3 Å². The molecule has 1 rings (SSSR count). The van der Waals surface area contributed by atoms with Crippen LogP contribution in [0.1, 0.15) is 36.8 Å². The Balaban J connectivity index is 0.000000841. The largest absolute Gasteiger partial charge is 0.399 e. The van der Waals surface area contributed by atoms with Crippen LogP contribution in [0.5, 0.6) is 0 Å². The maximum absolute atomic E-state index is 11.5. The van der Waals surface area contributed by atoms with E-state index in [-0.39, 0.29) is 11.7 Å². The molecule has 0 spiro atoms. The molecule has 0 amide bonds. The summed E-state index contributed by atoms with van der Waals surface area (Å²) in [6.07, 6.45) is 1.55. The Morgan fingerprint density at radius 2 is 1.74 bits per heavy atom. The number of rotatable bonds is 6. The molecule has 0 heterocycles. The molecule has 0 aliphatic heterocycles. The van der Waals surface area contributed by atoms with E-state index in [0.717, 1.165) is 17.7 Å². The fraction of sp³-hybridized carbons (Fsp3) is 0.538. The summed E-state index contributed by atoms with van der Waals surface area (Å²) in [6, 6.07) is 5.81. The summed E-state index contributed by atoms with van der Waals surface area (Å²) in [4.78, 5) is 0. The van der Waals surface area contributed by atoms with Crippen molar-refractivity contribution in [3.63, 3.8) is 0 Å². The van der Waals surface area contributed by atoms with Crippen LogP contribution in [0.2, 0.25) is 0 Å². The van der Waals surface area contributed by atoms with Crippen LogP contribution in [-0.4, -0.2) is 38.7 Å². The zero-order valence-electron chi connectivity index (χ0n) is 13.4. The van der Waals surface area contributed by atoms with Crippen LogP contribution in [0.3, 0.4) is 0 Å². The minimum atomic E-state index is -4.67. The second-order valence-corrected chi connectivity index (χ2v) is 7.92. The van der Waals surface area contributed by atoms with Crippen molar-refractivity contribution >= 4 is 26.1 Å². The van der Waals surface area contributed by atoms with E-state index < -0.39 is 20.4 Å². The molecule has 23 heavy (non-hydrogen) atoms. The lowest BCUT2D eigenvalue weighted by atomic mass is 9.90. The number of hydrogen-bond donors (Lipinski definition) is 4. The zero-order chi connectivity index (χ0) is 18.3. The van der Waals surface area contributed by atoms with Gasteiger partial charge in [0.1, 0.15) is 0 Å². The standard InChI is InChI=1S/C13H22N2O2S.H2O4S/c1-4-11(7-8-18(16,17)15-3)13-6-5-12(14)9-10(13)2;1-5(2,3)4/h5-6,9,11,15H,4,7-8,14H2,1-3H3;(H2,1,2,3,4). The first kappa shape index (κ1) is 21.8. The van der Waals surface area contributed by atoms with Gasteiger partial charge in [0.2, 0.25) is 10.0 Å². The lowest BCUT2D eigenvalue weighted by Crippen LogP contribution is -2.23. The Bertz CT molecular complexity index is 693. The lowest BCUT2D eigenvalue weighted by Gasteiger charge is -2.18. The number of anilines is 1. The molecule has 134 valence electrons. The molecule has 10 heteroatoms. The number of nitrogens with one attached hydrogen (secondary N) is 1. The molecule has 1 aromatic rings. The van der Waals surface area contributed by atoms with E-state index in [1.807, 2.05) is 25.1 Å². The first-order valence-electron chi connectivity index (χ1n) is 6.86. The van der Waals surface area contributed by atoms with Gasteiger partial charge < -0.3 is 5.73 Å². The summed E-state index contributed by atoms with van der Waals surface area (Å²) in [5.41, 5.74) is 8.79. The monoisotopic (exact) mass is 368 g/mol. The molecule has 8 nitrogen and oxygen atoms in total. The Labute approximate surface area is 137 Å². The van der Waals surface area contributed by atoms with Gasteiger partial charge in [-0.1, -0.05) is 13.0 Å². The Morgan fingerprint density at radius 1 is 1.22 bits per heavy atom. The van der Waals surface area contributed by atoms with Gasteiger partial charge in [-0.05, 0) is 56.0 Å². The van der Waals surface area contributed by atoms with Crippen molar-refractivity contribution in [1.29, 1.82) is 0 Å². The quantitative estimate of drug-likeness (QED) is 0.438. The number of benzene rings is 1. The summed E-state index contributed by atoms with van der Waals surface area (Å²) in [5.74, 6) is 0.417. The maximum atomic E-state index is 11.5. The summed E-state index contributed by atoms with van der Waals surface area (Å²) in [5, 5.41) is 0.